The van der Waals surface area contributed by atoms with Crippen LogP contribution in [0.3, 0.4) is 0 Å². The van der Waals surface area contributed by atoms with Crippen LogP contribution < -0.4 is 4.72 Å². The van der Waals surface area contributed by atoms with Gasteiger partial charge in [0.1, 0.15) is 6.04 Å². The third-order valence-electron chi connectivity index (χ3n) is 2.83. The number of carbonyl (C=O) groups is 1. The summed E-state index contributed by atoms with van der Waals surface area (Å²) in [5.74, 6) is 0.236. The number of aliphatic hydroxyl groups excluding tert-OH is 1. The maximum atomic E-state index is 12.3. The highest BCUT2D eigenvalue weighted by Gasteiger charge is 2.26. The van der Waals surface area contributed by atoms with Crippen LogP contribution in [0.4, 0.5) is 0 Å². The Morgan fingerprint density at radius 1 is 1.48 bits per heavy atom. The largest absolute Gasteiger partial charge is 0.389 e. The number of carbonyl (C=O) groups excluding carboxylic acids is 1. The Labute approximate surface area is 131 Å². The smallest absolute Gasteiger partial charge is 0.240 e. The Balaban J connectivity index is 4.77. The molecule has 0 saturated heterocycles. The lowest BCUT2D eigenvalue weighted by Crippen LogP contribution is -2.49. The summed E-state index contributed by atoms with van der Waals surface area (Å²) in [6.45, 7) is 1.73. The van der Waals surface area contributed by atoms with Crippen molar-refractivity contribution in [2.75, 3.05) is 45.1 Å². The maximum Gasteiger partial charge on any atom is 0.240 e. The van der Waals surface area contributed by atoms with E-state index in [1.807, 2.05) is 6.26 Å². The molecule has 0 bridgehead atoms. The molecule has 126 valence electrons. The van der Waals surface area contributed by atoms with Gasteiger partial charge in [0.2, 0.25) is 15.9 Å². The average molecular weight is 342 g/mol. The average Bonchev–Trinajstić information content (AvgIpc) is 2.42. The molecule has 0 saturated carbocycles. The van der Waals surface area contributed by atoms with Crippen LogP contribution in [0.15, 0.2) is 0 Å². The molecule has 21 heavy (non-hydrogen) atoms. The molecule has 0 spiro atoms. The molecule has 2 N–H and O–H groups in total. The highest BCUT2D eigenvalue weighted by molar-refractivity contribution is 7.98. The lowest BCUT2D eigenvalue weighted by atomic mass is 10.2. The molecule has 0 aliphatic rings. The van der Waals surface area contributed by atoms with Gasteiger partial charge in [0, 0.05) is 20.7 Å². The van der Waals surface area contributed by atoms with Gasteiger partial charge in [-0.1, -0.05) is 0 Å². The Morgan fingerprint density at radius 3 is 2.57 bits per heavy atom. The standard InChI is InChI=1S/C12H26N2O5S2/c1-5-21(17,18)13-11(6-7-20-4)12(16)14(2)8-10(15)9-19-3/h10-11,13,15H,5-9H2,1-4H3. The second-order valence-corrected chi connectivity index (χ2v) is 7.71. The van der Waals surface area contributed by atoms with Gasteiger partial charge in [-0.2, -0.15) is 11.8 Å². The fraction of sp³-hybridized carbons (Fsp3) is 0.917. The van der Waals surface area contributed by atoms with Crippen LogP contribution in [-0.4, -0.2) is 81.5 Å². The minimum absolute atomic E-state index is 0.0773. The van der Waals surface area contributed by atoms with Crippen LogP contribution in [0.1, 0.15) is 13.3 Å². The molecule has 0 radical (unpaired) electrons. The molecular weight excluding hydrogens is 316 g/mol. The number of methoxy groups -OCH3 is 1. The van der Waals surface area contributed by atoms with Gasteiger partial charge in [-0.25, -0.2) is 13.1 Å². The predicted octanol–water partition coefficient (Wildman–Crippen LogP) is -0.487. The van der Waals surface area contributed by atoms with Crippen molar-refractivity contribution in [2.45, 2.75) is 25.5 Å². The summed E-state index contributed by atoms with van der Waals surface area (Å²) < 4.78 is 30.6. The molecule has 0 aliphatic heterocycles. The Morgan fingerprint density at radius 2 is 2.10 bits per heavy atom. The van der Waals surface area contributed by atoms with E-state index in [1.165, 1.54) is 37.7 Å². The fourth-order valence-electron chi connectivity index (χ4n) is 1.69. The van der Waals surface area contributed by atoms with Gasteiger partial charge in [0.15, 0.2) is 0 Å². The molecule has 0 aromatic carbocycles. The van der Waals surface area contributed by atoms with E-state index >= 15 is 0 Å². The van der Waals surface area contributed by atoms with Gasteiger partial charge in [-0.3, -0.25) is 4.79 Å². The van der Waals surface area contributed by atoms with E-state index in [0.717, 1.165) is 0 Å². The van der Waals surface area contributed by atoms with Gasteiger partial charge in [-0.05, 0) is 25.4 Å². The second kappa shape index (κ2) is 10.4. The van der Waals surface area contributed by atoms with Crippen LogP contribution in [-0.2, 0) is 19.6 Å². The first-order chi connectivity index (χ1) is 9.77. The van der Waals surface area contributed by atoms with Crippen LogP contribution in [0, 0.1) is 0 Å². The topological polar surface area (TPSA) is 95.9 Å². The van der Waals surface area contributed by atoms with Gasteiger partial charge in [-0.15, -0.1) is 0 Å². The number of nitrogens with zero attached hydrogens (tertiary/aromatic N) is 1. The molecule has 7 nitrogen and oxygen atoms in total. The minimum atomic E-state index is -3.46. The zero-order valence-electron chi connectivity index (χ0n) is 13.0. The second-order valence-electron chi connectivity index (χ2n) is 4.68. The molecule has 1 amide bonds. The summed E-state index contributed by atoms with van der Waals surface area (Å²) in [5.41, 5.74) is 0. The highest BCUT2D eigenvalue weighted by atomic mass is 32.2. The molecule has 2 atom stereocenters. The molecule has 2 unspecified atom stereocenters. The normalized spacial score (nSPS) is 14.7. The third kappa shape index (κ3) is 8.62. The number of hydrogen-bond acceptors (Lipinski definition) is 6. The quantitative estimate of drug-likeness (QED) is 0.526. The van der Waals surface area contributed by atoms with Crippen molar-refractivity contribution in [3.8, 4) is 0 Å². The number of likely N-dealkylation sites (N-methyl/N-ethyl adjacent to an activating group) is 1. The maximum absolute atomic E-state index is 12.3. The van der Waals surface area contributed by atoms with Crippen molar-refractivity contribution in [2.24, 2.45) is 0 Å². The first-order valence-corrected chi connectivity index (χ1v) is 9.72. The summed E-state index contributed by atoms with van der Waals surface area (Å²) in [6, 6.07) is -0.804. The SMILES string of the molecule is CCS(=O)(=O)NC(CCSC)C(=O)N(C)CC(O)COC. The van der Waals surface area contributed by atoms with E-state index < -0.39 is 22.2 Å². The Hall–Kier alpha value is -0.350. The molecule has 0 fully saturated rings. The van der Waals surface area contributed by atoms with Gasteiger partial charge in [0.05, 0.1) is 18.5 Å². The van der Waals surface area contributed by atoms with Crippen molar-refractivity contribution < 1.29 is 23.1 Å². The van der Waals surface area contributed by atoms with Crippen molar-refractivity contribution in [1.82, 2.24) is 9.62 Å². The number of nitrogens with one attached hydrogen (secondary N) is 1. The number of hydrogen-bond donors (Lipinski definition) is 2. The first-order valence-electron chi connectivity index (χ1n) is 6.68. The number of rotatable bonds is 11. The van der Waals surface area contributed by atoms with Gasteiger partial charge < -0.3 is 14.7 Å². The van der Waals surface area contributed by atoms with Gasteiger partial charge >= 0.3 is 0 Å². The summed E-state index contributed by atoms with van der Waals surface area (Å²) in [6.07, 6.45) is 1.50. The van der Waals surface area contributed by atoms with Crippen molar-refractivity contribution in [3.63, 3.8) is 0 Å². The van der Waals surface area contributed by atoms with E-state index in [9.17, 15) is 18.3 Å². The molecule has 0 heterocycles. The van der Waals surface area contributed by atoms with E-state index in [2.05, 4.69) is 4.72 Å². The molecule has 0 aromatic rings. The zero-order valence-corrected chi connectivity index (χ0v) is 14.7. The molecular formula is C12H26N2O5S2. The van der Waals surface area contributed by atoms with E-state index in [0.29, 0.717) is 12.2 Å². The molecule has 0 aliphatic carbocycles. The number of ether oxygens (including phenoxy) is 1. The van der Waals surface area contributed by atoms with Crippen molar-refractivity contribution in [1.29, 1.82) is 0 Å². The highest BCUT2D eigenvalue weighted by Crippen LogP contribution is 2.06. The third-order valence-corrected chi connectivity index (χ3v) is 4.88. The molecule has 0 aromatic heterocycles. The lowest BCUT2D eigenvalue weighted by Gasteiger charge is -2.26. The van der Waals surface area contributed by atoms with Crippen molar-refractivity contribution >= 4 is 27.7 Å². The lowest BCUT2D eigenvalue weighted by molar-refractivity contribution is -0.133. The van der Waals surface area contributed by atoms with Gasteiger partial charge in [0.25, 0.3) is 0 Å². The summed E-state index contributed by atoms with van der Waals surface area (Å²) in [4.78, 5) is 13.6. The number of thioether (sulfide) groups is 1. The number of aliphatic hydroxyl groups is 1. The summed E-state index contributed by atoms with van der Waals surface area (Å²) in [7, 11) is -0.465. The molecule has 0 rings (SSSR count). The van der Waals surface area contributed by atoms with E-state index in [1.54, 1.807) is 0 Å². The van der Waals surface area contributed by atoms with E-state index in [4.69, 9.17) is 4.74 Å². The minimum Gasteiger partial charge on any atom is -0.389 e. The van der Waals surface area contributed by atoms with Crippen molar-refractivity contribution in [3.05, 3.63) is 0 Å². The Kier molecular flexibility index (Phi) is 10.2. The zero-order chi connectivity index (χ0) is 16.5. The van der Waals surface area contributed by atoms with Crippen LogP contribution in [0.2, 0.25) is 0 Å². The number of sulfonamides is 1. The van der Waals surface area contributed by atoms with Crippen LogP contribution in [0.25, 0.3) is 0 Å². The Bertz CT molecular complexity index is 402. The summed E-state index contributed by atoms with van der Waals surface area (Å²) in [5, 5.41) is 9.64. The summed E-state index contributed by atoms with van der Waals surface area (Å²) >= 11 is 1.54. The number of amides is 1. The van der Waals surface area contributed by atoms with Crippen LogP contribution in [0.5, 0.6) is 0 Å². The monoisotopic (exact) mass is 342 g/mol. The van der Waals surface area contributed by atoms with Crippen LogP contribution >= 0.6 is 11.8 Å². The predicted molar refractivity (Wildman–Crippen MR) is 84.9 cm³/mol. The first kappa shape index (κ1) is 20.6. The molecule has 9 heteroatoms. The van der Waals surface area contributed by atoms with E-state index in [-0.39, 0.29) is 24.8 Å². The fourth-order valence-corrected chi connectivity index (χ4v) is 2.98.